The number of halogens is 7. The van der Waals surface area contributed by atoms with Gasteiger partial charge in [0.2, 0.25) is 0 Å². The van der Waals surface area contributed by atoms with Gasteiger partial charge in [0.15, 0.2) is 0 Å². The smallest absolute Gasteiger partial charge is 0.392 e. The third-order valence-electron chi connectivity index (χ3n) is 1.70. The molecule has 0 saturated carbocycles. The Morgan fingerprint density at radius 1 is 1.06 bits per heavy atom. The number of carbonyl (C=O) groups is 1. The van der Waals surface area contributed by atoms with Crippen molar-refractivity contribution in [1.29, 1.82) is 0 Å². The van der Waals surface area contributed by atoms with Gasteiger partial charge in [-0.3, -0.25) is 0 Å². The summed E-state index contributed by atoms with van der Waals surface area (Å²) in [6, 6.07) is 0. The number of alkyl halides is 7. The first-order chi connectivity index (χ1) is 7.37. The molecular formula is C8H7F7O2. The molecule has 2 nitrogen and oxygen atoms in total. The van der Waals surface area contributed by atoms with Crippen molar-refractivity contribution >= 4 is 5.97 Å². The van der Waals surface area contributed by atoms with Crippen molar-refractivity contribution in [2.45, 2.75) is 32.1 Å². The highest BCUT2D eigenvalue weighted by Gasteiger charge is 2.76. The highest BCUT2D eigenvalue weighted by atomic mass is 19.4. The van der Waals surface area contributed by atoms with E-state index in [9.17, 15) is 35.5 Å². The lowest BCUT2D eigenvalue weighted by atomic mass is 10.3. The molecule has 0 aliphatic heterocycles. The predicted octanol–water partition coefficient (Wildman–Crippen LogP) is 3.29. The van der Waals surface area contributed by atoms with E-state index >= 15 is 0 Å². The second-order valence-electron chi connectivity index (χ2n) is 2.95. The Balaban J connectivity index is 5.11. The summed E-state index contributed by atoms with van der Waals surface area (Å²) in [4.78, 5) is 10.7. The number of ether oxygens (including phenoxy) is 1. The molecule has 100 valence electrons. The van der Waals surface area contributed by atoms with Gasteiger partial charge < -0.3 is 4.74 Å². The first-order valence-corrected chi connectivity index (χ1v) is 4.05. The standard InChI is InChI=1S/C8H7F7O2/c1-3-4(2)5(16)17-8(14,15)6(9,10)7(11,12)13/h3H,1-2H3. The van der Waals surface area contributed by atoms with Crippen molar-refractivity contribution in [3.8, 4) is 0 Å². The van der Waals surface area contributed by atoms with E-state index in [0.717, 1.165) is 13.0 Å². The van der Waals surface area contributed by atoms with Gasteiger partial charge in [0.1, 0.15) is 0 Å². The molecule has 0 aliphatic rings. The van der Waals surface area contributed by atoms with Crippen molar-refractivity contribution in [2.24, 2.45) is 0 Å². The zero-order valence-corrected chi connectivity index (χ0v) is 8.54. The lowest BCUT2D eigenvalue weighted by Crippen LogP contribution is -2.54. The van der Waals surface area contributed by atoms with Crippen molar-refractivity contribution < 1.29 is 40.3 Å². The Hall–Kier alpha value is -1.28. The van der Waals surface area contributed by atoms with Crippen LogP contribution in [0.2, 0.25) is 0 Å². The lowest BCUT2D eigenvalue weighted by molar-refractivity contribution is -0.411. The average Bonchev–Trinajstić information content (AvgIpc) is 2.13. The van der Waals surface area contributed by atoms with Gasteiger partial charge in [-0.15, -0.1) is 0 Å². The van der Waals surface area contributed by atoms with E-state index < -0.39 is 29.7 Å². The van der Waals surface area contributed by atoms with E-state index in [1.54, 1.807) is 0 Å². The third-order valence-corrected chi connectivity index (χ3v) is 1.70. The molecule has 9 heteroatoms. The number of hydrogen-bond acceptors (Lipinski definition) is 2. The second kappa shape index (κ2) is 4.53. The average molecular weight is 268 g/mol. The number of hydrogen-bond donors (Lipinski definition) is 0. The van der Waals surface area contributed by atoms with E-state index in [1.165, 1.54) is 6.92 Å². The lowest BCUT2D eigenvalue weighted by Gasteiger charge is -2.26. The topological polar surface area (TPSA) is 26.3 Å². The Morgan fingerprint density at radius 3 is 1.76 bits per heavy atom. The molecular weight excluding hydrogens is 261 g/mol. The summed E-state index contributed by atoms with van der Waals surface area (Å²) in [7, 11) is 0. The first kappa shape index (κ1) is 15.7. The highest BCUT2D eigenvalue weighted by Crippen LogP contribution is 2.47. The molecule has 0 radical (unpaired) electrons. The number of carbonyl (C=O) groups excluding carboxylic acids is 1. The maximum atomic E-state index is 12.5. The maximum absolute atomic E-state index is 12.5. The van der Waals surface area contributed by atoms with Crippen LogP contribution in [0.25, 0.3) is 0 Å². The van der Waals surface area contributed by atoms with Gasteiger partial charge in [0.25, 0.3) is 0 Å². The molecule has 17 heavy (non-hydrogen) atoms. The van der Waals surface area contributed by atoms with E-state index in [4.69, 9.17) is 0 Å². The number of esters is 1. The van der Waals surface area contributed by atoms with Crippen LogP contribution in [0, 0.1) is 0 Å². The van der Waals surface area contributed by atoms with Crippen LogP contribution in [0.3, 0.4) is 0 Å². The van der Waals surface area contributed by atoms with Crippen LogP contribution in [0.15, 0.2) is 11.6 Å². The summed E-state index contributed by atoms with van der Waals surface area (Å²) in [5.74, 6) is -8.41. The number of allylic oxidation sites excluding steroid dienone is 1. The van der Waals surface area contributed by atoms with Crippen LogP contribution in [0.1, 0.15) is 13.8 Å². The molecule has 0 atom stereocenters. The molecule has 0 saturated heterocycles. The minimum absolute atomic E-state index is 0.525. The summed E-state index contributed by atoms with van der Waals surface area (Å²) in [6.45, 7) is 2.11. The molecule has 0 heterocycles. The van der Waals surface area contributed by atoms with E-state index in [2.05, 4.69) is 4.74 Å². The normalized spacial score (nSPS) is 14.8. The Kier molecular flexibility index (Phi) is 4.19. The Labute approximate surface area is 91.0 Å². The summed E-state index contributed by atoms with van der Waals surface area (Å²) >= 11 is 0. The molecule has 0 aromatic rings. The molecule has 0 rings (SSSR count). The Bertz CT molecular complexity index is 329. The SMILES string of the molecule is CC=C(C)C(=O)OC(F)(F)C(F)(F)C(F)(F)F. The van der Waals surface area contributed by atoms with E-state index in [-0.39, 0.29) is 0 Å². The zero-order valence-electron chi connectivity index (χ0n) is 8.54. The van der Waals surface area contributed by atoms with Crippen LogP contribution in [0.5, 0.6) is 0 Å². The van der Waals surface area contributed by atoms with Crippen molar-refractivity contribution in [1.82, 2.24) is 0 Å². The van der Waals surface area contributed by atoms with Crippen LogP contribution in [-0.4, -0.2) is 24.2 Å². The van der Waals surface area contributed by atoms with Gasteiger partial charge >= 0.3 is 24.2 Å². The zero-order chi connectivity index (χ0) is 14.1. The second-order valence-corrected chi connectivity index (χ2v) is 2.95. The number of rotatable bonds is 3. The van der Waals surface area contributed by atoms with Crippen LogP contribution >= 0.6 is 0 Å². The molecule has 0 aromatic heterocycles. The van der Waals surface area contributed by atoms with Gasteiger partial charge in [-0.1, -0.05) is 6.08 Å². The third kappa shape index (κ3) is 3.10. The minimum atomic E-state index is -6.53. The largest absolute Gasteiger partial charge is 0.476 e. The predicted molar refractivity (Wildman–Crippen MR) is 41.5 cm³/mol. The fraction of sp³-hybridized carbons (Fsp3) is 0.625. The van der Waals surface area contributed by atoms with Crippen LogP contribution in [0.4, 0.5) is 30.7 Å². The molecule has 0 fully saturated rings. The van der Waals surface area contributed by atoms with Gasteiger partial charge in [0, 0.05) is 5.57 Å². The van der Waals surface area contributed by atoms with E-state index in [1.807, 2.05) is 0 Å². The Morgan fingerprint density at radius 2 is 1.47 bits per heavy atom. The van der Waals surface area contributed by atoms with Crippen LogP contribution in [-0.2, 0) is 9.53 Å². The van der Waals surface area contributed by atoms with E-state index in [0.29, 0.717) is 0 Å². The van der Waals surface area contributed by atoms with Gasteiger partial charge in [-0.2, -0.15) is 30.7 Å². The van der Waals surface area contributed by atoms with Crippen LogP contribution < -0.4 is 0 Å². The molecule has 0 unspecified atom stereocenters. The minimum Gasteiger partial charge on any atom is -0.392 e. The van der Waals surface area contributed by atoms with Gasteiger partial charge in [-0.05, 0) is 13.8 Å². The van der Waals surface area contributed by atoms with Gasteiger partial charge in [-0.25, -0.2) is 4.79 Å². The molecule has 0 spiro atoms. The quantitative estimate of drug-likeness (QED) is 0.446. The summed E-state index contributed by atoms with van der Waals surface area (Å²) < 4.78 is 87.3. The molecule has 0 N–H and O–H groups in total. The summed E-state index contributed by atoms with van der Waals surface area (Å²) in [5, 5.41) is 0. The maximum Gasteiger partial charge on any atom is 0.476 e. The highest BCUT2D eigenvalue weighted by molar-refractivity contribution is 5.87. The van der Waals surface area contributed by atoms with Crippen molar-refractivity contribution in [2.75, 3.05) is 0 Å². The molecule has 0 amide bonds. The molecule has 0 aromatic carbocycles. The van der Waals surface area contributed by atoms with Gasteiger partial charge in [0.05, 0.1) is 0 Å². The molecule has 0 bridgehead atoms. The molecule has 0 aliphatic carbocycles. The fourth-order valence-electron chi connectivity index (χ4n) is 0.544. The summed E-state index contributed by atoms with van der Waals surface area (Å²) in [6.07, 6.45) is -11.6. The fourth-order valence-corrected chi connectivity index (χ4v) is 0.544. The monoisotopic (exact) mass is 268 g/mol. The van der Waals surface area contributed by atoms with Crippen molar-refractivity contribution in [3.63, 3.8) is 0 Å². The first-order valence-electron chi connectivity index (χ1n) is 4.05. The van der Waals surface area contributed by atoms with Crippen molar-refractivity contribution in [3.05, 3.63) is 11.6 Å². The summed E-state index contributed by atoms with van der Waals surface area (Å²) in [5.41, 5.74) is -0.525.